The van der Waals surface area contributed by atoms with Crippen LogP contribution < -0.4 is 5.32 Å². The minimum absolute atomic E-state index is 0.193. The molecule has 0 unspecified atom stereocenters. The van der Waals surface area contributed by atoms with Crippen LogP contribution in [0.25, 0.3) is 11.0 Å². The lowest BCUT2D eigenvalue weighted by molar-refractivity contribution is 0.0944. The average molecular weight is 287 g/mol. The van der Waals surface area contributed by atoms with E-state index >= 15 is 0 Å². The van der Waals surface area contributed by atoms with Crippen LogP contribution in [0.15, 0.2) is 30.6 Å². The molecule has 6 nitrogen and oxygen atoms in total. The van der Waals surface area contributed by atoms with Crippen molar-refractivity contribution in [3.8, 4) is 0 Å². The molecule has 1 aromatic carbocycles. The Bertz CT molecular complexity index is 750. The molecule has 3 N–H and O–H groups in total. The average Bonchev–Trinajstić information content (AvgIpc) is 3.11. The molecule has 0 bridgehead atoms. The molecular formula is C14H14FN5O. The normalized spacial score (nSPS) is 10.9. The molecule has 0 aliphatic heterocycles. The fraction of sp³-hybridized carbons (Fsp3) is 0.214. The lowest BCUT2D eigenvalue weighted by Gasteiger charge is -2.01. The summed E-state index contributed by atoms with van der Waals surface area (Å²) in [5.74, 6) is -0.462. The monoisotopic (exact) mass is 287 g/mol. The van der Waals surface area contributed by atoms with Gasteiger partial charge in [0.25, 0.3) is 5.91 Å². The number of amides is 1. The Hall–Kier alpha value is -2.70. The Labute approximate surface area is 119 Å². The van der Waals surface area contributed by atoms with E-state index in [1.165, 1.54) is 18.2 Å². The third-order valence-corrected chi connectivity index (χ3v) is 3.14. The maximum absolute atomic E-state index is 13.1. The van der Waals surface area contributed by atoms with Crippen LogP contribution in [0.4, 0.5) is 4.39 Å². The molecule has 3 rings (SSSR count). The molecule has 0 fully saturated rings. The summed E-state index contributed by atoms with van der Waals surface area (Å²) in [6.45, 7) is 0.537. The van der Waals surface area contributed by atoms with Crippen LogP contribution in [0.3, 0.4) is 0 Å². The second kappa shape index (κ2) is 5.74. The van der Waals surface area contributed by atoms with Gasteiger partial charge in [-0.2, -0.15) is 5.10 Å². The number of fused-ring (bicyclic) bond motifs is 1. The maximum Gasteiger partial charge on any atom is 0.287 e. The summed E-state index contributed by atoms with van der Waals surface area (Å²) in [6.07, 6.45) is 5.23. The second-order valence-corrected chi connectivity index (χ2v) is 4.71. The number of H-pyrrole nitrogens is 2. The van der Waals surface area contributed by atoms with Crippen LogP contribution in [-0.4, -0.2) is 32.6 Å². The molecule has 0 aliphatic carbocycles. The van der Waals surface area contributed by atoms with Crippen molar-refractivity contribution in [2.24, 2.45) is 0 Å². The highest BCUT2D eigenvalue weighted by atomic mass is 19.1. The first-order valence-electron chi connectivity index (χ1n) is 6.63. The summed E-state index contributed by atoms with van der Waals surface area (Å²) in [4.78, 5) is 18.9. The van der Waals surface area contributed by atoms with Crippen molar-refractivity contribution in [1.29, 1.82) is 0 Å². The Morgan fingerprint density at radius 3 is 3.10 bits per heavy atom. The standard InChI is InChI=1S/C14H14FN5O/c15-10-3-4-11-12(6-10)20-13(19-11)14(21)16-5-1-2-9-7-17-18-8-9/h3-4,6-8H,1-2,5H2,(H,16,21)(H,17,18)(H,19,20). The molecule has 0 spiro atoms. The highest BCUT2D eigenvalue weighted by Crippen LogP contribution is 2.12. The van der Waals surface area contributed by atoms with Gasteiger partial charge in [-0.3, -0.25) is 9.89 Å². The van der Waals surface area contributed by atoms with Crippen LogP contribution >= 0.6 is 0 Å². The molecule has 0 saturated heterocycles. The summed E-state index contributed by atoms with van der Waals surface area (Å²) in [5.41, 5.74) is 2.18. The number of halogens is 1. The highest BCUT2D eigenvalue weighted by Gasteiger charge is 2.11. The molecule has 0 saturated carbocycles. The molecule has 0 aliphatic rings. The van der Waals surface area contributed by atoms with Gasteiger partial charge in [-0.25, -0.2) is 9.37 Å². The van der Waals surface area contributed by atoms with E-state index in [1.807, 2.05) is 6.20 Å². The van der Waals surface area contributed by atoms with Crippen LogP contribution in [0, 0.1) is 5.82 Å². The van der Waals surface area contributed by atoms with Gasteiger partial charge in [-0.05, 0) is 36.6 Å². The van der Waals surface area contributed by atoms with E-state index in [9.17, 15) is 9.18 Å². The first kappa shape index (κ1) is 13.3. The van der Waals surface area contributed by atoms with Gasteiger partial charge in [0.2, 0.25) is 0 Å². The Morgan fingerprint density at radius 2 is 2.29 bits per heavy atom. The summed E-state index contributed by atoms with van der Waals surface area (Å²) in [5, 5.41) is 9.38. The summed E-state index contributed by atoms with van der Waals surface area (Å²) >= 11 is 0. The lowest BCUT2D eigenvalue weighted by atomic mass is 10.2. The Balaban J connectivity index is 1.56. The molecule has 3 aromatic rings. The summed E-state index contributed by atoms with van der Waals surface area (Å²) in [7, 11) is 0. The van der Waals surface area contributed by atoms with Crippen molar-refractivity contribution < 1.29 is 9.18 Å². The van der Waals surface area contributed by atoms with Crippen LogP contribution in [0.5, 0.6) is 0 Å². The van der Waals surface area contributed by atoms with Gasteiger partial charge in [0.15, 0.2) is 5.82 Å². The molecular weight excluding hydrogens is 273 g/mol. The first-order chi connectivity index (χ1) is 10.2. The zero-order chi connectivity index (χ0) is 14.7. The quantitative estimate of drug-likeness (QED) is 0.625. The molecule has 0 atom stereocenters. The fourth-order valence-electron chi connectivity index (χ4n) is 2.08. The number of rotatable bonds is 5. The largest absolute Gasteiger partial charge is 0.349 e. The molecule has 0 radical (unpaired) electrons. The van der Waals surface area contributed by atoms with E-state index in [1.54, 1.807) is 6.20 Å². The van der Waals surface area contributed by atoms with E-state index < -0.39 is 0 Å². The van der Waals surface area contributed by atoms with Crippen molar-refractivity contribution in [1.82, 2.24) is 25.5 Å². The van der Waals surface area contributed by atoms with Crippen molar-refractivity contribution in [3.63, 3.8) is 0 Å². The smallest absolute Gasteiger partial charge is 0.287 e. The number of nitrogens with zero attached hydrogens (tertiary/aromatic N) is 2. The number of nitrogens with one attached hydrogen (secondary N) is 3. The van der Waals surface area contributed by atoms with Gasteiger partial charge in [0.1, 0.15) is 5.82 Å². The number of carbonyl (C=O) groups excluding carboxylic acids is 1. The lowest BCUT2D eigenvalue weighted by Crippen LogP contribution is -2.25. The van der Waals surface area contributed by atoms with Gasteiger partial charge in [0.05, 0.1) is 17.2 Å². The topological polar surface area (TPSA) is 86.5 Å². The second-order valence-electron chi connectivity index (χ2n) is 4.71. The van der Waals surface area contributed by atoms with E-state index in [-0.39, 0.29) is 17.5 Å². The first-order valence-corrected chi connectivity index (χ1v) is 6.63. The predicted octanol–water partition coefficient (Wildman–Crippen LogP) is 1.79. The zero-order valence-electron chi connectivity index (χ0n) is 11.2. The number of benzene rings is 1. The number of imidazole rings is 1. The van der Waals surface area contributed by atoms with Crippen LogP contribution in [-0.2, 0) is 6.42 Å². The van der Waals surface area contributed by atoms with E-state index in [0.717, 1.165) is 18.4 Å². The molecule has 1 amide bonds. The third-order valence-electron chi connectivity index (χ3n) is 3.14. The molecule has 2 heterocycles. The van der Waals surface area contributed by atoms with Crippen molar-refractivity contribution in [2.75, 3.05) is 6.54 Å². The van der Waals surface area contributed by atoms with E-state index in [2.05, 4.69) is 25.5 Å². The number of aryl methyl sites for hydroxylation is 1. The minimum Gasteiger partial charge on any atom is -0.349 e. The van der Waals surface area contributed by atoms with Crippen molar-refractivity contribution >= 4 is 16.9 Å². The van der Waals surface area contributed by atoms with Gasteiger partial charge >= 0.3 is 0 Å². The Morgan fingerprint density at radius 1 is 1.38 bits per heavy atom. The number of carbonyl (C=O) groups is 1. The Kier molecular flexibility index (Phi) is 3.63. The highest BCUT2D eigenvalue weighted by molar-refractivity contribution is 5.94. The van der Waals surface area contributed by atoms with E-state index in [4.69, 9.17) is 0 Å². The maximum atomic E-state index is 13.1. The summed E-state index contributed by atoms with van der Waals surface area (Å²) in [6, 6.07) is 4.17. The third kappa shape index (κ3) is 3.07. The number of aromatic amines is 2. The zero-order valence-corrected chi connectivity index (χ0v) is 11.2. The van der Waals surface area contributed by atoms with Crippen molar-refractivity contribution in [2.45, 2.75) is 12.8 Å². The molecule has 2 aromatic heterocycles. The minimum atomic E-state index is -0.363. The van der Waals surface area contributed by atoms with Gasteiger partial charge < -0.3 is 10.3 Å². The molecule has 108 valence electrons. The molecule has 21 heavy (non-hydrogen) atoms. The van der Waals surface area contributed by atoms with Crippen LogP contribution in [0.2, 0.25) is 0 Å². The predicted molar refractivity (Wildman–Crippen MR) is 75.3 cm³/mol. The number of hydrogen-bond donors (Lipinski definition) is 3. The SMILES string of the molecule is O=C(NCCCc1cn[nH]c1)c1nc2ccc(F)cc2[nH]1. The van der Waals surface area contributed by atoms with Crippen LogP contribution in [0.1, 0.15) is 22.6 Å². The number of aromatic nitrogens is 4. The molecule has 7 heteroatoms. The summed E-state index contributed by atoms with van der Waals surface area (Å²) < 4.78 is 13.1. The van der Waals surface area contributed by atoms with Gasteiger partial charge in [-0.15, -0.1) is 0 Å². The van der Waals surface area contributed by atoms with E-state index in [0.29, 0.717) is 17.6 Å². The van der Waals surface area contributed by atoms with Gasteiger partial charge in [-0.1, -0.05) is 0 Å². The van der Waals surface area contributed by atoms with Crippen molar-refractivity contribution in [3.05, 3.63) is 47.8 Å². The fourth-order valence-corrected chi connectivity index (χ4v) is 2.08. The van der Waals surface area contributed by atoms with Gasteiger partial charge in [0, 0.05) is 12.7 Å². The number of hydrogen-bond acceptors (Lipinski definition) is 3.